The molecular weight excluding hydrogens is 523 g/mol. The molecule has 0 atom stereocenters. The summed E-state index contributed by atoms with van der Waals surface area (Å²) in [6, 6.07) is 9.91. The van der Waals surface area contributed by atoms with Crippen LogP contribution in [-0.4, -0.2) is 70.8 Å². The second-order valence-electron chi connectivity index (χ2n) is 7.96. The van der Waals surface area contributed by atoms with Gasteiger partial charge in [-0.25, -0.2) is 19.6 Å². The van der Waals surface area contributed by atoms with Gasteiger partial charge < -0.3 is 19.3 Å². The van der Waals surface area contributed by atoms with Crippen LogP contribution in [0.2, 0.25) is 0 Å². The summed E-state index contributed by atoms with van der Waals surface area (Å²) in [5.74, 6) is -1.74. The number of fused-ring (bicyclic) bond motifs is 1. The number of aryl methyl sites for hydroxylation is 1. The van der Waals surface area contributed by atoms with Gasteiger partial charge in [-0.3, -0.25) is 0 Å². The zero-order valence-electron chi connectivity index (χ0n) is 19.2. The van der Waals surface area contributed by atoms with Gasteiger partial charge in [0.2, 0.25) is 0 Å². The van der Waals surface area contributed by atoms with Crippen molar-refractivity contribution in [3.05, 3.63) is 106 Å². The standard InChI is InChI=1S/C13H12N2O2S.C13H12N2O2.ClH.Na.H/c16-13(17)10-2-1-9-5-11(18-12(9)6-10)7-15-4-3-14-8-15;16-13(17)6-5-11-1-3-12(4-2-11)9-15-8-7-14-10-15;;;/h3-6,8H,1-2,7H2,(H,16,17);1-8,10H,9H2,(H,16,17);1H;;/b;6-5+;;;. The number of thiophene rings is 1. The Morgan fingerprint density at radius 2 is 1.62 bits per heavy atom. The first-order valence-corrected chi connectivity index (χ1v) is 11.7. The van der Waals surface area contributed by atoms with E-state index in [2.05, 4.69) is 16.0 Å². The monoisotopic (exact) mass is 548 g/mol. The van der Waals surface area contributed by atoms with Crippen LogP contribution in [0, 0.1) is 0 Å². The molecule has 3 heterocycles. The first-order valence-electron chi connectivity index (χ1n) is 10.9. The Kier molecular flexibility index (Phi) is 12.0. The van der Waals surface area contributed by atoms with Crippen LogP contribution in [0.25, 0.3) is 12.2 Å². The van der Waals surface area contributed by atoms with Crippen molar-refractivity contribution in [1.82, 2.24) is 19.1 Å². The van der Waals surface area contributed by atoms with Crippen LogP contribution in [0.5, 0.6) is 0 Å². The SMILES string of the molecule is Cl.O=C(O)/C=C/c1ccc(Cn2ccnc2)cc1.O=C(O)C1=Cc2sc(Cn3ccnc3)cc2CC1.[NaH]. The third kappa shape index (κ3) is 9.14. The molecule has 4 aromatic rings. The molecule has 0 spiro atoms. The number of aliphatic carboxylic acids is 2. The van der Waals surface area contributed by atoms with E-state index in [0.29, 0.717) is 12.0 Å². The number of halogens is 1. The summed E-state index contributed by atoms with van der Waals surface area (Å²) in [4.78, 5) is 31.6. The molecule has 1 aliphatic rings. The summed E-state index contributed by atoms with van der Waals surface area (Å²) in [7, 11) is 0. The molecular formula is C26H26ClN4NaO4S. The number of aromatic nitrogens is 4. The van der Waals surface area contributed by atoms with Crippen molar-refractivity contribution in [2.75, 3.05) is 0 Å². The Balaban J connectivity index is 0.000000247. The first kappa shape index (κ1) is 30.3. The normalized spacial score (nSPS) is 11.8. The molecule has 11 heteroatoms. The van der Waals surface area contributed by atoms with E-state index < -0.39 is 11.9 Å². The van der Waals surface area contributed by atoms with Crippen LogP contribution in [0.4, 0.5) is 0 Å². The molecule has 0 saturated carbocycles. The van der Waals surface area contributed by atoms with Crippen LogP contribution in [0.15, 0.2) is 79.4 Å². The molecule has 37 heavy (non-hydrogen) atoms. The number of nitrogens with zero attached hydrogens (tertiary/aromatic N) is 4. The maximum absolute atomic E-state index is 11.0. The third-order valence-electron chi connectivity index (χ3n) is 5.36. The Morgan fingerprint density at radius 1 is 0.973 bits per heavy atom. The van der Waals surface area contributed by atoms with Crippen LogP contribution < -0.4 is 0 Å². The van der Waals surface area contributed by atoms with E-state index in [0.717, 1.165) is 41.6 Å². The van der Waals surface area contributed by atoms with E-state index in [4.69, 9.17) is 10.2 Å². The molecule has 1 aliphatic carbocycles. The fraction of sp³-hybridized carbons (Fsp3) is 0.154. The Hall–Kier alpha value is -2.95. The molecule has 0 aliphatic heterocycles. The molecule has 1 aromatic carbocycles. The molecule has 0 amide bonds. The van der Waals surface area contributed by atoms with Gasteiger partial charge in [0.25, 0.3) is 0 Å². The van der Waals surface area contributed by atoms with Gasteiger partial charge in [0.15, 0.2) is 0 Å². The molecule has 2 N–H and O–H groups in total. The predicted molar refractivity (Wildman–Crippen MR) is 148 cm³/mol. The van der Waals surface area contributed by atoms with Gasteiger partial charge in [-0.1, -0.05) is 24.3 Å². The summed E-state index contributed by atoms with van der Waals surface area (Å²) < 4.78 is 3.99. The molecule has 8 nitrogen and oxygen atoms in total. The predicted octanol–water partition coefficient (Wildman–Crippen LogP) is 4.21. The Morgan fingerprint density at radius 3 is 2.19 bits per heavy atom. The number of carbonyl (C=O) groups is 2. The van der Waals surface area contributed by atoms with Crippen molar-refractivity contribution in [1.29, 1.82) is 0 Å². The number of imidazole rings is 2. The van der Waals surface area contributed by atoms with Gasteiger partial charge in [0.05, 0.1) is 19.2 Å². The summed E-state index contributed by atoms with van der Waals surface area (Å²) in [5, 5.41) is 17.5. The number of rotatable bonds is 7. The van der Waals surface area contributed by atoms with Gasteiger partial charge in [0.1, 0.15) is 0 Å². The summed E-state index contributed by atoms with van der Waals surface area (Å²) >= 11 is 1.67. The molecule has 188 valence electrons. The van der Waals surface area contributed by atoms with E-state index in [-0.39, 0.29) is 42.0 Å². The average Bonchev–Trinajstić information content (AvgIpc) is 3.61. The molecule has 0 bridgehead atoms. The maximum atomic E-state index is 11.0. The number of hydrogen-bond acceptors (Lipinski definition) is 5. The van der Waals surface area contributed by atoms with E-state index in [1.807, 2.05) is 51.9 Å². The van der Waals surface area contributed by atoms with Crippen molar-refractivity contribution in [2.45, 2.75) is 25.9 Å². The molecule has 0 fully saturated rings. The molecule has 3 aromatic heterocycles. The molecule has 0 radical (unpaired) electrons. The van der Waals surface area contributed by atoms with Gasteiger partial charge in [-0.2, -0.15) is 0 Å². The second kappa shape index (κ2) is 14.7. The molecule has 0 unspecified atom stereocenters. The fourth-order valence-corrected chi connectivity index (χ4v) is 4.81. The van der Waals surface area contributed by atoms with Gasteiger partial charge in [0, 0.05) is 52.7 Å². The quantitative estimate of drug-likeness (QED) is 0.264. The minimum atomic E-state index is -0.938. The van der Waals surface area contributed by atoms with Gasteiger partial charge in [-0.05, 0) is 47.8 Å². The zero-order valence-corrected chi connectivity index (χ0v) is 20.9. The van der Waals surface area contributed by atoms with E-state index in [1.54, 1.807) is 42.5 Å². The number of benzene rings is 1. The Bertz CT molecular complexity index is 1350. The number of carboxylic acid groups (broad SMARTS) is 2. The molecule has 0 saturated heterocycles. The summed E-state index contributed by atoms with van der Waals surface area (Å²) in [6.45, 7) is 1.57. The van der Waals surface area contributed by atoms with Crippen molar-refractivity contribution in [2.24, 2.45) is 0 Å². The number of carboxylic acids is 2. The third-order valence-corrected chi connectivity index (χ3v) is 6.47. The van der Waals surface area contributed by atoms with Crippen molar-refractivity contribution in [3.8, 4) is 0 Å². The fourth-order valence-electron chi connectivity index (χ4n) is 3.62. The van der Waals surface area contributed by atoms with Crippen molar-refractivity contribution in [3.63, 3.8) is 0 Å². The van der Waals surface area contributed by atoms with Crippen molar-refractivity contribution < 1.29 is 19.8 Å². The van der Waals surface area contributed by atoms with Crippen LogP contribution in [0.1, 0.15) is 32.9 Å². The summed E-state index contributed by atoms with van der Waals surface area (Å²) in [6.07, 6.45) is 16.8. The van der Waals surface area contributed by atoms with E-state index >= 15 is 0 Å². The Labute approximate surface area is 246 Å². The number of hydrogen-bond donors (Lipinski definition) is 2. The topological polar surface area (TPSA) is 110 Å². The van der Waals surface area contributed by atoms with Crippen LogP contribution in [-0.2, 0) is 29.1 Å². The zero-order chi connectivity index (χ0) is 24.6. The molecule has 5 rings (SSSR count). The van der Waals surface area contributed by atoms with Gasteiger partial charge in [-0.15, -0.1) is 23.7 Å². The average molecular weight is 549 g/mol. The van der Waals surface area contributed by atoms with E-state index in [1.165, 1.54) is 10.4 Å². The first-order chi connectivity index (χ1) is 17.0. The summed E-state index contributed by atoms with van der Waals surface area (Å²) in [5.41, 5.74) is 3.80. The van der Waals surface area contributed by atoms with Crippen molar-refractivity contribution >= 4 is 77.4 Å². The van der Waals surface area contributed by atoms with E-state index in [9.17, 15) is 9.59 Å². The van der Waals surface area contributed by atoms with Crippen LogP contribution in [0.3, 0.4) is 0 Å². The second-order valence-corrected chi connectivity index (χ2v) is 9.13. The van der Waals surface area contributed by atoms with Gasteiger partial charge >= 0.3 is 41.5 Å². The van der Waals surface area contributed by atoms with Crippen LogP contribution >= 0.6 is 23.7 Å². The minimum absolute atomic E-state index is 0.